The number of pyridine rings is 1. The molecule has 0 radical (unpaired) electrons. The van der Waals surface area contributed by atoms with E-state index in [-0.39, 0.29) is 12.6 Å². The van der Waals surface area contributed by atoms with E-state index < -0.39 is 0 Å². The van der Waals surface area contributed by atoms with Crippen LogP contribution in [0.4, 0.5) is 0 Å². The molecule has 0 aliphatic heterocycles. The van der Waals surface area contributed by atoms with Crippen LogP contribution in [-0.2, 0) is 0 Å². The lowest BCUT2D eigenvalue weighted by molar-refractivity contribution is 0.285. The van der Waals surface area contributed by atoms with E-state index in [0.29, 0.717) is 13.1 Å². The Balaban J connectivity index is 2.27. The van der Waals surface area contributed by atoms with Crippen molar-refractivity contribution in [2.75, 3.05) is 19.7 Å². The van der Waals surface area contributed by atoms with Gasteiger partial charge in [0.1, 0.15) is 0 Å². The van der Waals surface area contributed by atoms with Gasteiger partial charge in [0.2, 0.25) is 0 Å². The standard InChI is InChI=1S/C13H17N3O/c14-9-13(16-6-7-17)11-3-4-12-10(8-11)2-1-5-15-12/h1-5,8,13,16-17H,6-7,9,14H2. The first-order valence-electron chi connectivity index (χ1n) is 5.74. The summed E-state index contributed by atoms with van der Waals surface area (Å²) in [6, 6.07) is 10.1. The van der Waals surface area contributed by atoms with Crippen molar-refractivity contribution in [2.24, 2.45) is 5.73 Å². The molecule has 17 heavy (non-hydrogen) atoms. The van der Waals surface area contributed by atoms with Crippen LogP contribution in [0.25, 0.3) is 10.9 Å². The molecule has 0 spiro atoms. The molecule has 2 aromatic rings. The highest BCUT2D eigenvalue weighted by Crippen LogP contribution is 2.18. The molecule has 4 N–H and O–H groups in total. The van der Waals surface area contributed by atoms with Gasteiger partial charge in [-0.15, -0.1) is 0 Å². The van der Waals surface area contributed by atoms with Gasteiger partial charge in [-0.3, -0.25) is 4.98 Å². The lowest BCUT2D eigenvalue weighted by Gasteiger charge is -2.17. The number of nitrogens with one attached hydrogen (secondary N) is 1. The van der Waals surface area contributed by atoms with Crippen LogP contribution >= 0.6 is 0 Å². The number of benzene rings is 1. The molecule has 1 aromatic carbocycles. The van der Waals surface area contributed by atoms with Gasteiger partial charge in [0.15, 0.2) is 0 Å². The monoisotopic (exact) mass is 231 g/mol. The number of hydrogen-bond acceptors (Lipinski definition) is 4. The maximum atomic E-state index is 8.82. The van der Waals surface area contributed by atoms with Gasteiger partial charge in [-0.2, -0.15) is 0 Å². The van der Waals surface area contributed by atoms with Crippen LogP contribution in [0.3, 0.4) is 0 Å². The summed E-state index contributed by atoms with van der Waals surface area (Å²) in [5.74, 6) is 0. The second kappa shape index (κ2) is 5.72. The Morgan fingerprint density at radius 2 is 2.24 bits per heavy atom. The topological polar surface area (TPSA) is 71.2 Å². The van der Waals surface area contributed by atoms with Crippen molar-refractivity contribution in [3.63, 3.8) is 0 Å². The van der Waals surface area contributed by atoms with E-state index in [9.17, 15) is 0 Å². The molecule has 0 amide bonds. The fourth-order valence-corrected chi connectivity index (χ4v) is 1.89. The van der Waals surface area contributed by atoms with Crippen molar-refractivity contribution in [3.8, 4) is 0 Å². The van der Waals surface area contributed by atoms with E-state index in [2.05, 4.69) is 16.4 Å². The first-order valence-corrected chi connectivity index (χ1v) is 5.74. The van der Waals surface area contributed by atoms with Crippen LogP contribution in [-0.4, -0.2) is 29.8 Å². The maximum absolute atomic E-state index is 8.82. The molecule has 0 aliphatic carbocycles. The van der Waals surface area contributed by atoms with Gasteiger partial charge in [-0.05, 0) is 23.8 Å². The Hall–Kier alpha value is -1.49. The van der Waals surface area contributed by atoms with Gasteiger partial charge in [0, 0.05) is 30.7 Å². The second-order valence-corrected chi connectivity index (χ2v) is 3.92. The summed E-state index contributed by atoms with van der Waals surface area (Å²) in [5, 5.41) is 13.1. The minimum atomic E-state index is 0.0757. The van der Waals surface area contributed by atoms with Crippen LogP contribution in [0.15, 0.2) is 36.5 Å². The molecule has 1 unspecified atom stereocenters. The zero-order chi connectivity index (χ0) is 12.1. The molecule has 1 atom stereocenters. The molecule has 90 valence electrons. The van der Waals surface area contributed by atoms with Gasteiger partial charge in [-0.25, -0.2) is 0 Å². The summed E-state index contributed by atoms with van der Waals surface area (Å²) in [6.45, 7) is 1.17. The fourth-order valence-electron chi connectivity index (χ4n) is 1.89. The van der Waals surface area contributed by atoms with Crippen molar-refractivity contribution >= 4 is 10.9 Å². The molecule has 0 saturated carbocycles. The molecule has 4 nitrogen and oxygen atoms in total. The lowest BCUT2D eigenvalue weighted by atomic mass is 10.0. The highest BCUT2D eigenvalue weighted by atomic mass is 16.3. The Morgan fingerprint density at radius 1 is 1.35 bits per heavy atom. The van der Waals surface area contributed by atoms with E-state index in [4.69, 9.17) is 10.8 Å². The summed E-state index contributed by atoms with van der Waals surface area (Å²) >= 11 is 0. The minimum absolute atomic E-state index is 0.0757. The van der Waals surface area contributed by atoms with Crippen LogP contribution in [0.2, 0.25) is 0 Å². The van der Waals surface area contributed by atoms with Gasteiger partial charge in [-0.1, -0.05) is 12.1 Å². The Morgan fingerprint density at radius 3 is 3.00 bits per heavy atom. The average molecular weight is 231 g/mol. The molecule has 1 aromatic heterocycles. The Labute approximate surface area is 100 Å². The third-order valence-electron chi connectivity index (χ3n) is 2.77. The van der Waals surface area contributed by atoms with Gasteiger partial charge in [0.25, 0.3) is 0 Å². The molecule has 2 rings (SSSR count). The van der Waals surface area contributed by atoms with Crippen molar-refractivity contribution in [3.05, 3.63) is 42.1 Å². The van der Waals surface area contributed by atoms with E-state index in [0.717, 1.165) is 16.5 Å². The van der Waals surface area contributed by atoms with Crippen molar-refractivity contribution in [2.45, 2.75) is 6.04 Å². The number of fused-ring (bicyclic) bond motifs is 1. The number of rotatable bonds is 5. The highest BCUT2D eigenvalue weighted by Gasteiger charge is 2.08. The van der Waals surface area contributed by atoms with Crippen molar-refractivity contribution in [1.82, 2.24) is 10.3 Å². The largest absolute Gasteiger partial charge is 0.395 e. The number of aliphatic hydroxyl groups excluding tert-OH is 1. The Bertz CT molecular complexity index is 487. The number of aliphatic hydroxyl groups is 1. The summed E-state index contributed by atoms with van der Waals surface area (Å²) in [6.07, 6.45) is 1.78. The average Bonchev–Trinajstić information content (AvgIpc) is 2.39. The predicted octanol–water partition coefficient (Wildman–Crippen LogP) is 0.817. The zero-order valence-corrected chi connectivity index (χ0v) is 9.63. The fraction of sp³-hybridized carbons (Fsp3) is 0.308. The smallest absolute Gasteiger partial charge is 0.0702 e. The summed E-state index contributed by atoms with van der Waals surface area (Å²) < 4.78 is 0. The summed E-state index contributed by atoms with van der Waals surface area (Å²) in [7, 11) is 0. The van der Waals surface area contributed by atoms with Gasteiger partial charge in [0.05, 0.1) is 12.1 Å². The van der Waals surface area contributed by atoms with E-state index >= 15 is 0 Å². The predicted molar refractivity (Wildman–Crippen MR) is 68.6 cm³/mol. The van der Waals surface area contributed by atoms with Crippen LogP contribution < -0.4 is 11.1 Å². The molecule has 0 saturated heterocycles. The molecule has 0 fully saturated rings. The van der Waals surface area contributed by atoms with Crippen LogP contribution in [0.1, 0.15) is 11.6 Å². The second-order valence-electron chi connectivity index (χ2n) is 3.92. The first kappa shape index (κ1) is 12.0. The van der Waals surface area contributed by atoms with Gasteiger partial charge >= 0.3 is 0 Å². The highest BCUT2D eigenvalue weighted by molar-refractivity contribution is 5.79. The summed E-state index contributed by atoms with van der Waals surface area (Å²) in [4.78, 5) is 4.28. The Kier molecular flexibility index (Phi) is 4.03. The minimum Gasteiger partial charge on any atom is -0.395 e. The van der Waals surface area contributed by atoms with E-state index in [1.54, 1.807) is 6.20 Å². The number of nitrogens with two attached hydrogens (primary N) is 1. The lowest BCUT2D eigenvalue weighted by Crippen LogP contribution is -2.30. The van der Waals surface area contributed by atoms with Crippen LogP contribution in [0, 0.1) is 0 Å². The number of hydrogen-bond donors (Lipinski definition) is 3. The third kappa shape index (κ3) is 2.79. The molecule has 1 heterocycles. The number of aromatic nitrogens is 1. The van der Waals surface area contributed by atoms with Crippen LogP contribution in [0.5, 0.6) is 0 Å². The third-order valence-corrected chi connectivity index (χ3v) is 2.77. The number of nitrogens with zero attached hydrogens (tertiary/aromatic N) is 1. The first-order chi connectivity index (χ1) is 8.35. The van der Waals surface area contributed by atoms with Crippen molar-refractivity contribution in [1.29, 1.82) is 0 Å². The molecule has 0 bridgehead atoms. The SMILES string of the molecule is NCC(NCCO)c1ccc2ncccc2c1. The molecular weight excluding hydrogens is 214 g/mol. The summed E-state index contributed by atoms with van der Waals surface area (Å²) in [5.41, 5.74) is 7.84. The quantitative estimate of drug-likeness (QED) is 0.712. The molecular formula is C13H17N3O. The maximum Gasteiger partial charge on any atom is 0.0702 e. The van der Waals surface area contributed by atoms with Crippen molar-refractivity contribution < 1.29 is 5.11 Å². The molecule has 4 heteroatoms. The van der Waals surface area contributed by atoms with E-state index in [1.807, 2.05) is 24.3 Å². The van der Waals surface area contributed by atoms with E-state index in [1.165, 1.54) is 0 Å². The zero-order valence-electron chi connectivity index (χ0n) is 9.63. The normalized spacial score (nSPS) is 12.8. The molecule has 0 aliphatic rings. The van der Waals surface area contributed by atoms with Gasteiger partial charge < -0.3 is 16.2 Å².